The number of benzene rings is 1. The van der Waals surface area contributed by atoms with E-state index in [0.29, 0.717) is 5.56 Å². The molecule has 20 heavy (non-hydrogen) atoms. The Kier molecular flexibility index (Phi) is 2.12. The first-order valence-corrected chi connectivity index (χ1v) is 5.87. The Balaban J connectivity index is 2.13. The van der Waals surface area contributed by atoms with Gasteiger partial charge >= 0.3 is 0 Å². The maximum atomic E-state index is 12.5. The number of carbonyl (C=O) groups is 2. The molecule has 1 aromatic carbocycles. The zero-order valence-electron chi connectivity index (χ0n) is 10.2. The third-order valence-corrected chi connectivity index (χ3v) is 4.04. The molecule has 1 aliphatic carbocycles. The Morgan fingerprint density at radius 3 is 2.30 bits per heavy atom. The molecule has 0 aromatic heterocycles. The molecule has 96 valence electrons. The number of nitrogens with zero attached hydrogens (tertiary/aromatic N) is 3. The number of aliphatic imine (C=N–C) groups is 1. The molecule has 1 aromatic rings. The molecule has 1 saturated carbocycles. The summed E-state index contributed by atoms with van der Waals surface area (Å²) in [6, 6.07) is 11.9. The second-order valence-electron chi connectivity index (χ2n) is 4.81. The van der Waals surface area contributed by atoms with Crippen molar-refractivity contribution in [2.75, 3.05) is 0 Å². The first kappa shape index (κ1) is 12.1. The Labute approximate surface area is 114 Å². The normalized spacial score (nSPS) is 33.6. The lowest BCUT2D eigenvalue weighted by Gasteiger charge is -2.04. The van der Waals surface area contributed by atoms with E-state index in [4.69, 9.17) is 5.73 Å². The van der Waals surface area contributed by atoms with Gasteiger partial charge in [-0.3, -0.25) is 9.59 Å². The summed E-state index contributed by atoms with van der Waals surface area (Å²) in [6.45, 7) is 0. The second kappa shape index (κ2) is 3.52. The average Bonchev–Trinajstić information content (AvgIpc) is 3.05. The molecule has 0 spiro atoms. The molecule has 1 heterocycles. The number of hydrogen-bond acceptors (Lipinski definition) is 5. The summed E-state index contributed by atoms with van der Waals surface area (Å²) in [4.78, 5) is 27.9. The number of nitriles is 2. The zero-order valence-corrected chi connectivity index (χ0v) is 10.2. The molecule has 3 atom stereocenters. The summed E-state index contributed by atoms with van der Waals surface area (Å²) < 4.78 is 0. The van der Waals surface area contributed by atoms with Crippen molar-refractivity contribution in [2.45, 2.75) is 0 Å². The van der Waals surface area contributed by atoms with Crippen molar-refractivity contribution in [1.29, 1.82) is 10.5 Å². The number of hydrogen-bond donors (Lipinski definition) is 1. The van der Waals surface area contributed by atoms with Crippen LogP contribution < -0.4 is 5.73 Å². The summed E-state index contributed by atoms with van der Waals surface area (Å²) in [5.41, 5.74) is 2.61. The first-order chi connectivity index (χ1) is 9.56. The van der Waals surface area contributed by atoms with Gasteiger partial charge in [-0.15, -0.1) is 0 Å². The van der Waals surface area contributed by atoms with Gasteiger partial charge in [0.05, 0.1) is 18.1 Å². The van der Waals surface area contributed by atoms with Crippen LogP contribution in [-0.4, -0.2) is 17.5 Å². The van der Waals surface area contributed by atoms with Crippen molar-refractivity contribution in [1.82, 2.24) is 0 Å². The predicted octanol–water partition coefficient (Wildman–Crippen LogP) is 0.416. The maximum absolute atomic E-state index is 12.5. The number of ketones is 1. The third-order valence-electron chi connectivity index (χ3n) is 4.04. The Morgan fingerprint density at radius 1 is 1.20 bits per heavy atom. The minimum atomic E-state index is -1.75. The van der Waals surface area contributed by atoms with Crippen LogP contribution in [-0.2, 0) is 4.79 Å². The third kappa shape index (κ3) is 1.01. The Bertz CT molecular complexity index is 756. The molecule has 0 radical (unpaired) electrons. The van der Waals surface area contributed by atoms with E-state index < -0.39 is 28.4 Å². The number of Topliss-reactive ketones (excluding diaryl/α,β-unsaturated/α-hetero) is 1. The molecule has 6 nitrogen and oxygen atoms in total. The number of amidine groups is 1. The highest BCUT2D eigenvalue weighted by Crippen LogP contribution is 2.72. The number of amides is 1. The smallest absolute Gasteiger partial charge is 0.270 e. The fourth-order valence-electron chi connectivity index (χ4n) is 2.98. The van der Waals surface area contributed by atoms with Crippen LogP contribution in [0, 0.1) is 39.4 Å². The fourth-order valence-corrected chi connectivity index (χ4v) is 2.98. The largest absolute Gasteiger partial charge is 0.386 e. The van der Waals surface area contributed by atoms with Gasteiger partial charge in [0.1, 0.15) is 5.84 Å². The highest BCUT2D eigenvalue weighted by molar-refractivity contribution is 6.23. The zero-order chi connectivity index (χ0) is 14.5. The van der Waals surface area contributed by atoms with Crippen LogP contribution in [0.25, 0.3) is 0 Å². The number of carbonyl (C=O) groups excluding carboxylic acids is 2. The highest BCUT2D eigenvalue weighted by atomic mass is 16.2. The monoisotopic (exact) mass is 264 g/mol. The lowest BCUT2D eigenvalue weighted by Crippen LogP contribution is -2.27. The van der Waals surface area contributed by atoms with Crippen LogP contribution in [0.5, 0.6) is 0 Å². The topological polar surface area (TPSA) is 120 Å². The second-order valence-corrected chi connectivity index (χ2v) is 4.81. The van der Waals surface area contributed by atoms with Crippen LogP contribution in [0.2, 0.25) is 0 Å². The lowest BCUT2D eigenvalue weighted by molar-refractivity contribution is -0.121. The van der Waals surface area contributed by atoms with Crippen LogP contribution in [0.4, 0.5) is 0 Å². The molecular formula is C14H8N4O2. The molecule has 3 rings (SSSR count). The van der Waals surface area contributed by atoms with Gasteiger partial charge < -0.3 is 5.73 Å². The minimum absolute atomic E-state index is 0.235. The van der Waals surface area contributed by atoms with E-state index in [1.807, 2.05) is 6.07 Å². The summed E-state index contributed by atoms with van der Waals surface area (Å²) in [6.07, 6.45) is 0. The number of rotatable bonds is 2. The van der Waals surface area contributed by atoms with E-state index in [-0.39, 0.29) is 5.84 Å². The molecule has 3 unspecified atom stereocenters. The van der Waals surface area contributed by atoms with Gasteiger partial charge in [-0.25, -0.2) is 0 Å². The van der Waals surface area contributed by atoms with Crippen LogP contribution >= 0.6 is 0 Å². The number of fused-ring (bicyclic) bond motifs is 1. The summed E-state index contributed by atoms with van der Waals surface area (Å²) >= 11 is 0. The van der Waals surface area contributed by atoms with Crippen molar-refractivity contribution in [3.05, 3.63) is 35.9 Å². The molecule has 1 amide bonds. The standard InChI is InChI=1S/C14H8N4O2/c15-6-13-10(9(19)8-4-2-1-3-5-8)14(13,7-16)12(20)18-11(13)17/h1-5,10H,(H2,17,18,20). The van der Waals surface area contributed by atoms with E-state index in [1.54, 1.807) is 36.4 Å². The van der Waals surface area contributed by atoms with Gasteiger partial charge in [0.25, 0.3) is 5.91 Å². The van der Waals surface area contributed by atoms with Crippen LogP contribution in [0.15, 0.2) is 35.3 Å². The van der Waals surface area contributed by atoms with E-state index in [1.165, 1.54) is 0 Å². The summed E-state index contributed by atoms with van der Waals surface area (Å²) in [5, 5.41) is 18.7. The van der Waals surface area contributed by atoms with Gasteiger partial charge in [-0.2, -0.15) is 15.5 Å². The SMILES string of the molecule is N#CC12C(=O)N=C(N)C1(C#N)C2C(=O)c1ccccc1. The van der Waals surface area contributed by atoms with Gasteiger partial charge in [0.2, 0.25) is 0 Å². The van der Waals surface area contributed by atoms with Crippen molar-refractivity contribution in [3.8, 4) is 12.1 Å². The average molecular weight is 264 g/mol. The molecule has 0 saturated heterocycles. The summed E-state index contributed by atoms with van der Waals surface area (Å²) in [5.74, 6) is -2.54. The fraction of sp³-hybridized carbons (Fsp3) is 0.214. The predicted molar refractivity (Wildman–Crippen MR) is 67.0 cm³/mol. The van der Waals surface area contributed by atoms with E-state index in [9.17, 15) is 20.1 Å². The van der Waals surface area contributed by atoms with Gasteiger partial charge in [-0.1, -0.05) is 30.3 Å². The molecule has 2 aliphatic rings. The number of nitrogens with two attached hydrogens (primary N) is 1. The molecule has 6 heteroatoms. The molecule has 1 fully saturated rings. The van der Waals surface area contributed by atoms with Crippen molar-refractivity contribution in [2.24, 2.45) is 27.5 Å². The highest BCUT2D eigenvalue weighted by Gasteiger charge is 2.90. The van der Waals surface area contributed by atoms with Crippen molar-refractivity contribution >= 4 is 17.5 Å². The summed E-state index contributed by atoms with van der Waals surface area (Å²) in [7, 11) is 0. The van der Waals surface area contributed by atoms with E-state index >= 15 is 0 Å². The van der Waals surface area contributed by atoms with Crippen molar-refractivity contribution in [3.63, 3.8) is 0 Å². The molecular weight excluding hydrogens is 256 g/mol. The lowest BCUT2D eigenvalue weighted by atomic mass is 9.97. The molecule has 0 bridgehead atoms. The Morgan fingerprint density at radius 2 is 1.80 bits per heavy atom. The minimum Gasteiger partial charge on any atom is -0.386 e. The van der Waals surface area contributed by atoms with Crippen LogP contribution in [0.3, 0.4) is 0 Å². The molecule has 2 N–H and O–H groups in total. The van der Waals surface area contributed by atoms with Crippen LogP contribution in [0.1, 0.15) is 10.4 Å². The quantitative estimate of drug-likeness (QED) is 0.776. The Hall–Kier alpha value is -2.99. The molecule has 1 aliphatic heterocycles. The first-order valence-electron chi connectivity index (χ1n) is 5.87. The van der Waals surface area contributed by atoms with E-state index in [0.717, 1.165) is 0 Å². The van der Waals surface area contributed by atoms with Crippen molar-refractivity contribution < 1.29 is 9.59 Å². The maximum Gasteiger partial charge on any atom is 0.270 e. The van der Waals surface area contributed by atoms with Gasteiger partial charge in [-0.05, 0) is 0 Å². The van der Waals surface area contributed by atoms with E-state index in [2.05, 4.69) is 4.99 Å². The van der Waals surface area contributed by atoms with Gasteiger partial charge in [0, 0.05) is 5.56 Å². The van der Waals surface area contributed by atoms with Gasteiger partial charge in [0.15, 0.2) is 16.6 Å².